The summed E-state index contributed by atoms with van der Waals surface area (Å²) in [6.45, 7) is 4.08. The van der Waals surface area contributed by atoms with Gasteiger partial charge in [-0.2, -0.15) is 0 Å². The molecule has 24 heavy (non-hydrogen) atoms. The van der Waals surface area contributed by atoms with Crippen LogP contribution in [0.15, 0.2) is 35.1 Å². The lowest BCUT2D eigenvalue weighted by atomic mass is 10.1. The van der Waals surface area contributed by atoms with E-state index in [0.29, 0.717) is 19.5 Å². The Hall–Kier alpha value is -1.88. The van der Waals surface area contributed by atoms with E-state index >= 15 is 0 Å². The molecule has 2 aromatic carbocycles. The minimum absolute atomic E-state index is 0.0771. The normalized spacial score (nSPS) is 12.6. The third-order valence-electron chi connectivity index (χ3n) is 4.10. The first kappa shape index (κ1) is 15.6. The highest BCUT2D eigenvalue weighted by Gasteiger charge is 2.12. The Labute approximate surface area is 151 Å². The Morgan fingerprint density at radius 3 is 2.62 bits per heavy atom. The van der Waals surface area contributed by atoms with Gasteiger partial charge in [-0.15, -0.1) is 0 Å². The third kappa shape index (κ3) is 2.42. The van der Waals surface area contributed by atoms with E-state index in [1.54, 1.807) is 28.7 Å². The van der Waals surface area contributed by atoms with Gasteiger partial charge >= 0.3 is 0 Å². The molecule has 120 valence electrons. The number of halogens is 2. The molecule has 0 N–H and O–H groups in total. The minimum atomic E-state index is -0.0771. The van der Waals surface area contributed by atoms with Gasteiger partial charge in [0.25, 0.3) is 5.56 Å². The van der Waals surface area contributed by atoms with Crippen molar-refractivity contribution in [2.24, 2.45) is 0 Å². The van der Waals surface area contributed by atoms with Gasteiger partial charge in [0.2, 0.25) is 0 Å². The number of nitrogens with zero attached hydrogens (tertiary/aromatic N) is 2. The van der Waals surface area contributed by atoms with Crippen LogP contribution in [0.5, 0.6) is 0 Å². The van der Waals surface area contributed by atoms with E-state index in [2.05, 4.69) is 4.98 Å². The topological polar surface area (TPSA) is 34.4 Å². The molecule has 0 bridgehead atoms. The quantitative estimate of drug-likeness (QED) is 0.495. The highest BCUT2D eigenvalue weighted by molar-refractivity contribution is 7.15. The van der Waals surface area contributed by atoms with Crippen LogP contribution in [0.3, 0.4) is 0 Å². The molecule has 6 heteroatoms. The van der Waals surface area contributed by atoms with Crippen molar-refractivity contribution in [3.63, 3.8) is 0 Å². The smallest absolute Gasteiger partial charge is 0.267 e. The number of fused-ring (bicyclic) bond motifs is 3. The molecule has 2 aromatic heterocycles. The fraction of sp³-hybridized carbons (Fsp3) is 0.111. The lowest BCUT2D eigenvalue weighted by Gasteiger charge is -1.98. The van der Waals surface area contributed by atoms with Gasteiger partial charge in [-0.3, -0.25) is 4.79 Å². The van der Waals surface area contributed by atoms with Gasteiger partial charge in [-0.1, -0.05) is 40.6 Å². The molecule has 3 nitrogen and oxygen atoms in total. The van der Waals surface area contributed by atoms with Crippen LogP contribution in [-0.2, 0) is 0 Å². The number of thiazole rings is 1. The second-order valence-electron chi connectivity index (χ2n) is 5.74. The Morgan fingerprint density at radius 2 is 1.88 bits per heavy atom. The number of aromatic nitrogens is 2. The Bertz CT molecular complexity index is 1220. The van der Waals surface area contributed by atoms with Gasteiger partial charge in [0.15, 0.2) is 4.96 Å². The van der Waals surface area contributed by atoms with Crippen LogP contribution in [0.1, 0.15) is 16.7 Å². The minimum Gasteiger partial charge on any atom is -0.267 e. The number of aryl methyl sites for hydroxylation is 2. The fourth-order valence-corrected chi connectivity index (χ4v) is 4.12. The maximum absolute atomic E-state index is 12.8. The summed E-state index contributed by atoms with van der Waals surface area (Å²) in [5.74, 6) is 0. The highest BCUT2D eigenvalue weighted by Crippen LogP contribution is 2.23. The molecule has 4 rings (SSSR count). The zero-order chi connectivity index (χ0) is 17.0. The molecule has 0 saturated carbocycles. The molecule has 0 fully saturated rings. The van der Waals surface area contributed by atoms with Gasteiger partial charge in [-0.25, -0.2) is 9.38 Å². The summed E-state index contributed by atoms with van der Waals surface area (Å²) in [5, 5.41) is 1.08. The lowest BCUT2D eigenvalue weighted by Crippen LogP contribution is -2.22. The van der Waals surface area contributed by atoms with Crippen molar-refractivity contribution in [2.75, 3.05) is 0 Å². The van der Waals surface area contributed by atoms with Gasteiger partial charge in [-0.05, 0) is 60.9 Å². The first-order valence-corrected chi connectivity index (χ1v) is 8.90. The molecule has 0 radical (unpaired) electrons. The molecule has 2 heterocycles. The van der Waals surface area contributed by atoms with Crippen molar-refractivity contribution in [2.45, 2.75) is 13.8 Å². The first-order chi connectivity index (χ1) is 11.4. The molecular formula is C18H12Cl2N2OS. The second-order valence-corrected chi connectivity index (χ2v) is 7.59. The lowest BCUT2D eigenvalue weighted by molar-refractivity contribution is 1.18. The molecule has 0 amide bonds. The van der Waals surface area contributed by atoms with Crippen LogP contribution in [0.4, 0.5) is 0 Å². The van der Waals surface area contributed by atoms with Gasteiger partial charge in [0.05, 0.1) is 15.6 Å². The van der Waals surface area contributed by atoms with Crippen molar-refractivity contribution >= 4 is 56.6 Å². The van der Waals surface area contributed by atoms with Crippen LogP contribution in [-0.4, -0.2) is 9.38 Å². The van der Waals surface area contributed by atoms with Crippen LogP contribution in [0.2, 0.25) is 10.0 Å². The van der Waals surface area contributed by atoms with E-state index in [0.717, 1.165) is 22.2 Å². The van der Waals surface area contributed by atoms with Gasteiger partial charge in [0.1, 0.15) is 0 Å². The standard InChI is InChI=1S/C18H12Cl2N2OS/c1-9-5-14-15(6-10(9)2)22-17(23)16(24-18(22)21-14)7-11-3-4-12(19)8-13(11)20/h3-8H,1-2H3/b16-7-. The van der Waals surface area contributed by atoms with Crippen LogP contribution >= 0.6 is 34.5 Å². The predicted molar refractivity (Wildman–Crippen MR) is 102 cm³/mol. The van der Waals surface area contributed by atoms with Crippen molar-refractivity contribution < 1.29 is 0 Å². The number of hydrogen-bond donors (Lipinski definition) is 0. The molecule has 4 aromatic rings. The predicted octanol–water partition coefficient (Wildman–Crippen LogP) is 4.38. The molecular weight excluding hydrogens is 363 g/mol. The zero-order valence-corrected chi connectivity index (χ0v) is 15.3. The largest absolute Gasteiger partial charge is 0.274 e. The van der Waals surface area contributed by atoms with E-state index in [4.69, 9.17) is 23.2 Å². The molecule has 0 unspecified atom stereocenters. The average Bonchev–Trinajstić information content (AvgIpc) is 3.00. The Balaban J connectivity index is 2.01. The monoisotopic (exact) mass is 374 g/mol. The maximum atomic E-state index is 12.8. The Morgan fingerprint density at radius 1 is 1.12 bits per heavy atom. The molecule has 0 spiro atoms. The van der Waals surface area contributed by atoms with Crippen LogP contribution in [0, 0.1) is 13.8 Å². The number of hydrogen-bond acceptors (Lipinski definition) is 3. The summed E-state index contributed by atoms with van der Waals surface area (Å²) in [5.41, 5.74) is 4.68. The zero-order valence-electron chi connectivity index (χ0n) is 12.9. The molecule has 0 aliphatic heterocycles. The summed E-state index contributed by atoms with van der Waals surface area (Å²) in [7, 11) is 0. The number of rotatable bonds is 1. The number of imidazole rings is 1. The fourth-order valence-electron chi connectivity index (χ4n) is 2.68. The summed E-state index contributed by atoms with van der Waals surface area (Å²) in [4.78, 5) is 18.1. The van der Waals surface area contributed by atoms with Gasteiger partial charge in [0, 0.05) is 10.0 Å². The van der Waals surface area contributed by atoms with E-state index in [-0.39, 0.29) is 5.56 Å². The van der Waals surface area contributed by atoms with Gasteiger partial charge < -0.3 is 0 Å². The SMILES string of the molecule is Cc1cc2nc3s/c(=C\c4ccc(Cl)cc4Cl)c(=O)n3c2cc1C. The summed E-state index contributed by atoms with van der Waals surface area (Å²) < 4.78 is 2.27. The van der Waals surface area contributed by atoms with Crippen LogP contribution < -0.4 is 10.1 Å². The molecule has 0 aliphatic rings. The molecule has 0 atom stereocenters. The molecule has 0 aliphatic carbocycles. The third-order valence-corrected chi connectivity index (χ3v) is 5.63. The first-order valence-electron chi connectivity index (χ1n) is 7.33. The summed E-state index contributed by atoms with van der Waals surface area (Å²) in [6, 6.07) is 9.25. The van der Waals surface area contributed by atoms with Crippen molar-refractivity contribution in [3.05, 3.63) is 72.0 Å². The second kappa shape index (κ2) is 5.59. The van der Waals surface area contributed by atoms with E-state index in [1.165, 1.54) is 16.9 Å². The van der Waals surface area contributed by atoms with Crippen molar-refractivity contribution in [3.8, 4) is 0 Å². The average molecular weight is 375 g/mol. The highest BCUT2D eigenvalue weighted by atomic mass is 35.5. The Kier molecular flexibility index (Phi) is 3.64. The van der Waals surface area contributed by atoms with Crippen molar-refractivity contribution in [1.82, 2.24) is 9.38 Å². The van der Waals surface area contributed by atoms with Crippen LogP contribution in [0.25, 0.3) is 22.1 Å². The summed E-state index contributed by atoms with van der Waals surface area (Å²) in [6.07, 6.45) is 1.78. The van der Waals surface area contributed by atoms with E-state index < -0.39 is 0 Å². The maximum Gasteiger partial charge on any atom is 0.274 e. The van der Waals surface area contributed by atoms with E-state index in [1.807, 2.05) is 26.0 Å². The molecule has 0 saturated heterocycles. The van der Waals surface area contributed by atoms with E-state index in [9.17, 15) is 4.79 Å². The van der Waals surface area contributed by atoms with Crippen molar-refractivity contribution in [1.29, 1.82) is 0 Å². The summed E-state index contributed by atoms with van der Waals surface area (Å²) >= 11 is 13.5. The number of benzene rings is 2.